The zero-order chi connectivity index (χ0) is 16.4. The molecule has 1 aliphatic rings. The van der Waals surface area contributed by atoms with Gasteiger partial charge in [-0.05, 0) is 63.9 Å². The van der Waals surface area contributed by atoms with Crippen LogP contribution in [-0.2, 0) is 0 Å². The van der Waals surface area contributed by atoms with Crippen molar-refractivity contribution in [3.05, 3.63) is 41.4 Å². The molecule has 23 heavy (non-hydrogen) atoms. The van der Waals surface area contributed by atoms with Crippen LogP contribution in [0.3, 0.4) is 0 Å². The molecule has 0 aliphatic carbocycles. The zero-order valence-corrected chi connectivity index (χ0v) is 14.3. The van der Waals surface area contributed by atoms with Crippen LogP contribution in [0.25, 0.3) is 11.3 Å². The summed E-state index contributed by atoms with van der Waals surface area (Å²) in [5.41, 5.74) is 0.974. The summed E-state index contributed by atoms with van der Waals surface area (Å²) in [5, 5.41) is 10.4. The number of halogens is 1. The number of oxazole rings is 1. The van der Waals surface area contributed by atoms with Gasteiger partial charge in [-0.3, -0.25) is 4.90 Å². The van der Waals surface area contributed by atoms with E-state index in [9.17, 15) is 5.11 Å². The van der Waals surface area contributed by atoms with Gasteiger partial charge in [-0.2, -0.15) is 0 Å². The van der Waals surface area contributed by atoms with E-state index in [0.29, 0.717) is 11.1 Å². The lowest BCUT2D eigenvalue weighted by molar-refractivity contribution is 0.105. The Hall–Kier alpha value is -1.36. The Morgan fingerprint density at radius 2 is 2.09 bits per heavy atom. The minimum atomic E-state index is -0.276. The van der Waals surface area contributed by atoms with E-state index in [2.05, 4.69) is 16.8 Å². The van der Waals surface area contributed by atoms with Crippen molar-refractivity contribution in [2.75, 3.05) is 6.54 Å². The molecule has 4 nitrogen and oxygen atoms in total. The van der Waals surface area contributed by atoms with E-state index in [1.165, 1.54) is 0 Å². The van der Waals surface area contributed by atoms with Gasteiger partial charge >= 0.3 is 0 Å². The van der Waals surface area contributed by atoms with Crippen molar-refractivity contribution in [1.29, 1.82) is 0 Å². The molecular weight excluding hydrogens is 312 g/mol. The summed E-state index contributed by atoms with van der Waals surface area (Å²) in [5.74, 6) is 1.49. The van der Waals surface area contributed by atoms with E-state index in [1.807, 2.05) is 31.2 Å². The monoisotopic (exact) mass is 334 g/mol. The van der Waals surface area contributed by atoms with Gasteiger partial charge in [0.15, 0.2) is 5.76 Å². The Kier molecular flexibility index (Phi) is 5.05. The summed E-state index contributed by atoms with van der Waals surface area (Å²) >= 11 is 5.93. The van der Waals surface area contributed by atoms with Crippen LogP contribution in [0.1, 0.15) is 45.0 Å². The molecule has 1 fully saturated rings. The first-order valence-electron chi connectivity index (χ1n) is 8.20. The summed E-state index contributed by atoms with van der Waals surface area (Å²) in [6, 6.07) is 8.08. The molecule has 3 rings (SSSR count). The summed E-state index contributed by atoms with van der Waals surface area (Å²) in [7, 11) is 0. The Morgan fingerprint density at radius 3 is 2.78 bits per heavy atom. The molecule has 5 heteroatoms. The van der Waals surface area contributed by atoms with Gasteiger partial charge in [0.25, 0.3) is 0 Å². The van der Waals surface area contributed by atoms with Gasteiger partial charge in [-0.1, -0.05) is 11.6 Å². The highest BCUT2D eigenvalue weighted by Gasteiger charge is 2.32. The predicted molar refractivity (Wildman–Crippen MR) is 91.4 cm³/mol. The van der Waals surface area contributed by atoms with E-state index in [4.69, 9.17) is 16.0 Å². The molecule has 3 atom stereocenters. The lowest BCUT2D eigenvalue weighted by atomic mass is 10.1. The molecular formula is C18H23ClN2O2. The molecule has 0 saturated carbocycles. The quantitative estimate of drug-likeness (QED) is 0.886. The lowest BCUT2D eigenvalue weighted by Gasteiger charge is -2.29. The van der Waals surface area contributed by atoms with Crippen LogP contribution in [0.5, 0.6) is 0 Å². The summed E-state index contributed by atoms with van der Waals surface area (Å²) in [4.78, 5) is 6.86. The second-order valence-corrected chi connectivity index (χ2v) is 6.80. The highest BCUT2D eigenvalue weighted by molar-refractivity contribution is 6.30. The summed E-state index contributed by atoms with van der Waals surface area (Å²) in [6.45, 7) is 5.00. The molecule has 1 aromatic heterocycles. The van der Waals surface area contributed by atoms with Gasteiger partial charge in [-0.15, -0.1) is 0 Å². The number of rotatable bonds is 5. The largest absolute Gasteiger partial charge is 0.439 e. The maximum atomic E-state index is 9.68. The van der Waals surface area contributed by atoms with Crippen LogP contribution < -0.4 is 0 Å². The zero-order valence-electron chi connectivity index (χ0n) is 13.6. The Balaban J connectivity index is 1.75. The maximum Gasteiger partial charge on any atom is 0.211 e. The average Bonchev–Trinajstić information content (AvgIpc) is 3.16. The van der Waals surface area contributed by atoms with Gasteiger partial charge in [0.1, 0.15) is 0 Å². The standard InChI is InChI=1S/C18H23ClN2O2/c1-12(22)10-16-4-3-9-21(16)13(2)18-20-11-17(23-18)14-5-7-15(19)8-6-14/h5-8,11-13,16,22H,3-4,9-10H2,1-2H3. The van der Waals surface area contributed by atoms with E-state index >= 15 is 0 Å². The first kappa shape index (κ1) is 16.5. The van der Waals surface area contributed by atoms with Crippen molar-refractivity contribution in [3.8, 4) is 11.3 Å². The van der Waals surface area contributed by atoms with Gasteiger partial charge in [0.2, 0.25) is 5.89 Å². The van der Waals surface area contributed by atoms with Crippen molar-refractivity contribution in [2.24, 2.45) is 0 Å². The number of nitrogens with zero attached hydrogens (tertiary/aromatic N) is 2. The number of benzene rings is 1. The molecule has 1 aromatic carbocycles. The molecule has 3 unspecified atom stereocenters. The lowest BCUT2D eigenvalue weighted by Crippen LogP contribution is -2.34. The predicted octanol–water partition coefficient (Wildman–Crippen LogP) is 4.29. The molecule has 0 radical (unpaired) electrons. The van der Waals surface area contributed by atoms with Gasteiger partial charge < -0.3 is 9.52 Å². The van der Waals surface area contributed by atoms with Crippen LogP contribution in [0.15, 0.2) is 34.9 Å². The third kappa shape index (κ3) is 3.77. The fourth-order valence-electron chi connectivity index (χ4n) is 3.38. The number of hydrogen-bond donors (Lipinski definition) is 1. The normalized spacial score (nSPS) is 21.5. The van der Waals surface area contributed by atoms with Crippen LogP contribution in [0, 0.1) is 0 Å². The number of hydrogen-bond acceptors (Lipinski definition) is 4. The number of aliphatic hydroxyl groups is 1. The molecule has 0 amide bonds. The van der Waals surface area contributed by atoms with Crippen LogP contribution >= 0.6 is 11.6 Å². The van der Waals surface area contributed by atoms with Crippen LogP contribution in [-0.4, -0.2) is 33.7 Å². The maximum absolute atomic E-state index is 9.68. The first-order chi connectivity index (χ1) is 11.0. The van der Waals surface area contributed by atoms with Crippen molar-refractivity contribution in [1.82, 2.24) is 9.88 Å². The van der Waals surface area contributed by atoms with Crippen LogP contribution in [0.2, 0.25) is 5.02 Å². The van der Waals surface area contributed by atoms with E-state index in [1.54, 1.807) is 6.20 Å². The average molecular weight is 335 g/mol. The van der Waals surface area contributed by atoms with Gasteiger partial charge in [-0.25, -0.2) is 4.98 Å². The fourth-order valence-corrected chi connectivity index (χ4v) is 3.51. The second-order valence-electron chi connectivity index (χ2n) is 6.36. The Labute approximate surface area is 142 Å². The second kappa shape index (κ2) is 7.04. The first-order valence-corrected chi connectivity index (χ1v) is 8.58. The summed E-state index contributed by atoms with van der Waals surface area (Å²) < 4.78 is 5.98. The van der Waals surface area contributed by atoms with E-state index < -0.39 is 0 Å². The molecule has 2 heterocycles. The van der Waals surface area contributed by atoms with E-state index in [-0.39, 0.29) is 12.1 Å². The topological polar surface area (TPSA) is 49.5 Å². The van der Waals surface area contributed by atoms with Crippen molar-refractivity contribution >= 4 is 11.6 Å². The molecule has 2 aromatic rings. The van der Waals surface area contributed by atoms with Gasteiger partial charge in [0.05, 0.1) is 18.3 Å². The molecule has 1 aliphatic heterocycles. The van der Waals surface area contributed by atoms with Crippen molar-refractivity contribution in [3.63, 3.8) is 0 Å². The number of aromatic nitrogens is 1. The highest BCUT2D eigenvalue weighted by Crippen LogP contribution is 2.32. The number of likely N-dealkylation sites (tertiary alicyclic amines) is 1. The molecule has 0 spiro atoms. The molecule has 124 valence electrons. The highest BCUT2D eigenvalue weighted by atomic mass is 35.5. The molecule has 1 saturated heterocycles. The number of aliphatic hydroxyl groups excluding tert-OH is 1. The molecule has 0 bridgehead atoms. The third-order valence-electron chi connectivity index (χ3n) is 4.54. The van der Waals surface area contributed by atoms with Crippen molar-refractivity contribution in [2.45, 2.75) is 51.3 Å². The SMILES string of the molecule is CC(O)CC1CCCN1C(C)c1ncc(-c2ccc(Cl)cc2)o1. The van der Waals surface area contributed by atoms with E-state index in [0.717, 1.165) is 43.0 Å². The Morgan fingerprint density at radius 1 is 1.35 bits per heavy atom. The molecule has 1 N–H and O–H groups in total. The summed E-state index contributed by atoms with van der Waals surface area (Å²) in [6.07, 6.45) is 4.58. The van der Waals surface area contributed by atoms with Crippen molar-refractivity contribution < 1.29 is 9.52 Å². The Bertz CT molecular complexity index is 639. The fraction of sp³-hybridized carbons (Fsp3) is 0.500. The van der Waals surface area contributed by atoms with Gasteiger partial charge in [0, 0.05) is 16.6 Å². The minimum absolute atomic E-state index is 0.113. The smallest absolute Gasteiger partial charge is 0.211 e. The minimum Gasteiger partial charge on any atom is -0.439 e. The third-order valence-corrected chi connectivity index (χ3v) is 4.80. The van der Waals surface area contributed by atoms with Crippen LogP contribution in [0.4, 0.5) is 0 Å².